The summed E-state index contributed by atoms with van der Waals surface area (Å²) in [7, 11) is 1.60. The van der Waals surface area contributed by atoms with Crippen molar-refractivity contribution in [3.8, 4) is 0 Å². The Bertz CT molecular complexity index is 1340. The number of likely N-dealkylation sites (N-methyl/N-ethyl adjacent to an activating group) is 1. The molecule has 3 amide bonds. The minimum absolute atomic E-state index is 0.237. The van der Waals surface area contributed by atoms with E-state index in [2.05, 4.69) is 10.6 Å². The van der Waals surface area contributed by atoms with Crippen LogP contribution in [0.15, 0.2) is 66.7 Å². The number of anilines is 1. The highest BCUT2D eigenvalue weighted by molar-refractivity contribution is 6.00. The summed E-state index contributed by atoms with van der Waals surface area (Å²) < 4.78 is 5.47. The van der Waals surface area contributed by atoms with E-state index in [4.69, 9.17) is 4.74 Å². The van der Waals surface area contributed by atoms with Crippen LogP contribution in [0.2, 0.25) is 0 Å². The van der Waals surface area contributed by atoms with E-state index >= 15 is 0 Å². The summed E-state index contributed by atoms with van der Waals surface area (Å²) in [6.45, 7) is 13.1. The molecule has 0 aliphatic heterocycles. The SMILES string of the molecule is Cc1cccc(C(C(=O)Nc2c(C)cccc2C)N(C)C(=O)C(Cc2ccccc2)NC(=O)OC(C)(C)C)c1C. The van der Waals surface area contributed by atoms with Crippen molar-refractivity contribution in [3.63, 3.8) is 0 Å². The predicted octanol–water partition coefficient (Wildman–Crippen LogP) is 6.19. The second-order valence-electron chi connectivity index (χ2n) is 11.3. The maximum Gasteiger partial charge on any atom is 0.408 e. The second kappa shape index (κ2) is 12.8. The third-order valence-corrected chi connectivity index (χ3v) is 6.93. The highest BCUT2D eigenvalue weighted by atomic mass is 16.6. The summed E-state index contributed by atoms with van der Waals surface area (Å²) in [5, 5.41) is 5.83. The van der Waals surface area contributed by atoms with E-state index in [1.165, 1.54) is 4.90 Å². The zero-order valence-electron chi connectivity index (χ0n) is 24.8. The van der Waals surface area contributed by atoms with Crippen molar-refractivity contribution in [2.24, 2.45) is 0 Å². The first-order valence-electron chi connectivity index (χ1n) is 13.5. The summed E-state index contributed by atoms with van der Waals surface area (Å²) in [6, 6.07) is 19.1. The average molecular weight is 544 g/mol. The van der Waals surface area contributed by atoms with Gasteiger partial charge >= 0.3 is 6.09 Å². The number of ether oxygens (including phenoxy) is 1. The zero-order chi connectivity index (χ0) is 29.6. The zero-order valence-corrected chi connectivity index (χ0v) is 24.8. The van der Waals surface area contributed by atoms with Gasteiger partial charge in [0.25, 0.3) is 5.91 Å². The summed E-state index contributed by atoms with van der Waals surface area (Å²) in [4.78, 5) is 42.3. The standard InChI is InChI=1S/C33H41N3O4/c1-21-14-13-19-26(24(21)4)29(30(37)35-28-22(2)15-12-16-23(28)3)36(8)31(38)27(20-25-17-10-9-11-18-25)34-32(39)40-33(5,6)7/h9-19,27,29H,20H2,1-8H3,(H,34,39)(H,35,37). The van der Waals surface area contributed by atoms with Crippen molar-refractivity contribution in [1.29, 1.82) is 0 Å². The van der Waals surface area contributed by atoms with Gasteiger partial charge in [0.2, 0.25) is 5.91 Å². The highest BCUT2D eigenvalue weighted by Gasteiger charge is 2.35. The number of alkyl carbamates (subject to hydrolysis) is 1. The molecule has 0 saturated heterocycles. The number of hydrogen-bond donors (Lipinski definition) is 2. The van der Waals surface area contributed by atoms with Gasteiger partial charge in [-0.25, -0.2) is 4.79 Å². The van der Waals surface area contributed by atoms with Gasteiger partial charge < -0.3 is 20.3 Å². The third-order valence-electron chi connectivity index (χ3n) is 6.93. The lowest BCUT2D eigenvalue weighted by Crippen LogP contribution is -2.52. The Labute approximate surface area is 237 Å². The van der Waals surface area contributed by atoms with Gasteiger partial charge in [-0.15, -0.1) is 0 Å². The topological polar surface area (TPSA) is 87.7 Å². The Hall–Kier alpha value is -4.13. The van der Waals surface area contributed by atoms with E-state index in [9.17, 15) is 14.4 Å². The molecule has 3 rings (SSSR count). The normalized spacial score (nSPS) is 12.7. The number of nitrogens with one attached hydrogen (secondary N) is 2. The molecule has 2 N–H and O–H groups in total. The molecule has 7 heteroatoms. The van der Waals surface area contributed by atoms with E-state index in [-0.39, 0.29) is 12.3 Å². The van der Waals surface area contributed by atoms with Crippen LogP contribution >= 0.6 is 0 Å². The lowest BCUT2D eigenvalue weighted by Gasteiger charge is -2.33. The Kier molecular flexibility index (Phi) is 9.74. The summed E-state index contributed by atoms with van der Waals surface area (Å²) in [5.41, 5.74) is 5.36. The van der Waals surface area contributed by atoms with Crippen LogP contribution in [-0.2, 0) is 20.7 Å². The molecule has 0 aliphatic rings. The number of carbonyl (C=O) groups excluding carboxylic acids is 3. The molecule has 0 radical (unpaired) electrons. The number of amides is 3. The van der Waals surface area contributed by atoms with E-state index in [1.807, 2.05) is 94.4 Å². The highest BCUT2D eigenvalue weighted by Crippen LogP contribution is 2.29. The van der Waals surface area contributed by atoms with Gasteiger partial charge in [0.1, 0.15) is 17.7 Å². The van der Waals surface area contributed by atoms with E-state index in [1.54, 1.807) is 27.8 Å². The molecule has 3 aromatic rings. The van der Waals surface area contributed by atoms with Crippen LogP contribution in [0, 0.1) is 27.7 Å². The van der Waals surface area contributed by atoms with Gasteiger partial charge in [0.05, 0.1) is 0 Å². The smallest absolute Gasteiger partial charge is 0.408 e. The van der Waals surface area contributed by atoms with E-state index in [0.717, 1.165) is 39.1 Å². The fourth-order valence-corrected chi connectivity index (χ4v) is 4.67. The maximum absolute atomic E-state index is 14.1. The Morgan fingerprint density at radius 2 is 1.40 bits per heavy atom. The molecule has 212 valence electrons. The van der Waals surface area contributed by atoms with Crippen molar-refractivity contribution in [2.75, 3.05) is 12.4 Å². The molecule has 0 bridgehead atoms. The molecule has 7 nitrogen and oxygen atoms in total. The fraction of sp³-hybridized carbons (Fsp3) is 0.364. The molecule has 2 unspecified atom stereocenters. The molecular weight excluding hydrogens is 502 g/mol. The van der Waals surface area contributed by atoms with Crippen LogP contribution in [0.5, 0.6) is 0 Å². The first-order valence-corrected chi connectivity index (χ1v) is 13.5. The number of rotatable bonds is 8. The van der Waals surface area contributed by atoms with E-state index in [0.29, 0.717) is 0 Å². The van der Waals surface area contributed by atoms with Gasteiger partial charge in [0.15, 0.2) is 0 Å². The molecular formula is C33H41N3O4. The number of carbonyl (C=O) groups is 3. The quantitative estimate of drug-likeness (QED) is 0.354. The maximum atomic E-state index is 14.1. The number of aryl methyl sites for hydroxylation is 3. The number of para-hydroxylation sites is 1. The van der Waals surface area contributed by atoms with E-state index < -0.39 is 29.7 Å². The number of nitrogens with zero attached hydrogens (tertiary/aromatic N) is 1. The van der Waals surface area contributed by atoms with Gasteiger partial charge in [-0.05, 0) is 81.8 Å². The lowest BCUT2D eigenvalue weighted by molar-refractivity contribution is -0.139. The Morgan fingerprint density at radius 3 is 2.00 bits per heavy atom. The van der Waals surface area contributed by atoms with Crippen molar-refractivity contribution in [2.45, 2.75) is 72.6 Å². The van der Waals surface area contributed by atoms with Crippen LogP contribution in [0.1, 0.15) is 60.2 Å². The number of hydrogen-bond acceptors (Lipinski definition) is 4. The molecule has 2 atom stereocenters. The van der Waals surface area contributed by atoms with Crippen LogP contribution in [-0.4, -0.2) is 41.5 Å². The van der Waals surface area contributed by atoms with Gasteiger partial charge in [-0.3, -0.25) is 9.59 Å². The summed E-state index contributed by atoms with van der Waals surface area (Å²) >= 11 is 0. The third kappa shape index (κ3) is 7.72. The van der Waals surface area contributed by atoms with Gasteiger partial charge in [-0.2, -0.15) is 0 Å². The fourth-order valence-electron chi connectivity index (χ4n) is 4.67. The first-order chi connectivity index (χ1) is 18.8. The van der Waals surface area contributed by atoms with Gasteiger partial charge in [0, 0.05) is 19.2 Å². The molecule has 40 heavy (non-hydrogen) atoms. The molecule has 3 aromatic carbocycles. The monoisotopic (exact) mass is 543 g/mol. The summed E-state index contributed by atoms with van der Waals surface area (Å²) in [5.74, 6) is -0.741. The average Bonchev–Trinajstić information content (AvgIpc) is 2.87. The van der Waals surface area contributed by atoms with Crippen LogP contribution < -0.4 is 10.6 Å². The largest absolute Gasteiger partial charge is 0.444 e. The van der Waals surface area contributed by atoms with Crippen molar-refractivity contribution >= 4 is 23.6 Å². The molecule has 0 saturated carbocycles. The van der Waals surface area contributed by atoms with Gasteiger partial charge in [-0.1, -0.05) is 66.7 Å². The predicted molar refractivity (Wildman–Crippen MR) is 159 cm³/mol. The number of benzene rings is 3. The van der Waals surface area contributed by atoms with Crippen molar-refractivity contribution in [1.82, 2.24) is 10.2 Å². The van der Waals surface area contributed by atoms with Crippen molar-refractivity contribution < 1.29 is 19.1 Å². The Morgan fingerprint density at radius 1 is 0.825 bits per heavy atom. The lowest BCUT2D eigenvalue weighted by atomic mass is 9.94. The minimum atomic E-state index is -0.956. The molecule has 0 fully saturated rings. The molecule has 0 aromatic heterocycles. The molecule has 0 spiro atoms. The Balaban J connectivity index is 2.02. The summed E-state index contributed by atoms with van der Waals surface area (Å²) in [6.07, 6.45) is -0.458. The molecule has 0 heterocycles. The second-order valence-corrected chi connectivity index (χ2v) is 11.3. The van der Waals surface area contributed by atoms with Crippen LogP contribution in [0.4, 0.5) is 10.5 Å². The van der Waals surface area contributed by atoms with Crippen LogP contribution in [0.25, 0.3) is 0 Å². The van der Waals surface area contributed by atoms with Crippen molar-refractivity contribution in [3.05, 3.63) is 100 Å². The molecule has 0 aliphatic carbocycles. The van der Waals surface area contributed by atoms with Crippen LogP contribution in [0.3, 0.4) is 0 Å². The minimum Gasteiger partial charge on any atom is -0.444 e. The first kappa shape index (κ1) is 30.4.